The van der Waals surface area contributed by atoms with Crippen LogP contribution in [0.2, 0.25) is 0 Å². The number of esters is 4. The van der Waals surface area contributed by atoms with Gasteiger partial charge in [0, 0.05) is 71.3 Å². The molecule has 3 aromatic rings. The first-order chi connectivity index (χ1) is 26.7. The fourth-order valence-electron chi connectivity index (χ4n) is 6.92. The summed E-state index contributed by atoms with van der Waals surface area (Å²) in [4.78, 5) is 87.0. The van der Waals surface area contributed by atoms with Gasteiger partial charge in [-0.15, -0.1) is 0 Å². The number of fused-ring (bicyclic) bond motifs is 1. The largest absolute Gasteiger partial charge is 0.467 e. The van der Waals surface area contributed by atoms with E-state index in [2.05, 4.69) is 21.1 Å². The fraction of sp³-hybridized carbons (Fsp3) is 0.556. The smallest absolute Gasteiger partial charge is 0.412 e. The first-order valence-corrected chi connectivity index (χ1v) is 17.9. The van der Waals surface area contributed by atoms with Crippen LogP contribution >= 0.6 is 0 Å². The van der Waals surface area contributed by atoms with Gasteiger partial charge in [0.15, 0.2) is 24.0 Å². The van der Waals surface area contributed by atoms with E-state index in [0.717, 1.165) is 58.5 Å². The van der Waals surface area contributed by atoms with Crippen LogP contribution in [0.3, 0.4) is 0 Å². The van der Waals surface area contributed by atoms with Crippen LogP contribution in [-0.4, -0.2) is 135 Å². The van der Waals surface area contributed by atoms with Gasteiger partial charge in [-0.1, -0.05) is 12.8 Å². The normalized spacial score (nSPS) is 21.3. The molecule has 2 aliphatic rings. The van der Waals surface area contributed by atoms with E-state index in [1.165, 1.54) is 29.9 Å². The minimum atomic E-state index is -1.83. The Morgan fingerprint density at radius 2 is 1.57 bits per heavy atom. The Morgan fingerprint density at radius 3 is 2.21 bits per heavy atom. The van der Waals surface area contributed by atoms with Crippen molar-refractivity contribution in [3.8, 4) is 17.3 Å². The van der Waals surface area contributed by atoms with Crippen LogP contribution in [0.1, 0.15) is 58.9 Å². The van der Waals surface area contributed by atoms with Crippen LogP contribution in [0.5, 0.6) is 0 Å². The molecule has 5 rings (SSSR count). The van der Waals surface area contributed by atoms with E-state index in [1.807, 2.05) is 10.9 Å². The number of hydrogen-bond donors (Lipinski definition) is 0. The number of nitrogens with zero attached hydrogens (tertiary/aromatic N) is 8. The summed E-state index contributed by atoms with van der Waals surface area (Å²) in [7, 11) is 3.93. The van der Waals surface area contributed by atoms with Crippen molar-refractivity contribution in [3.63, 3.8) is 0 Å². The van der Waals surface area contributed by atoms with Crippen LogP contribution in [0, 0.1) is 17.2 Å². The van der Waals surface area contributed by atoms with Crippen LogP contribution < -0.4 is 0 Å². The van der Waals surface area contributed by atoms with Crippen LogP contribution in [0.15, 0.2) is 31.0 Å². The average molecular weight is 781 g/mol. The molecule has 0 spiro atoms. The second-order valence-corrected chi connectivity index (χ2v) is 13.5. The molecule has 2 fully saturated rings. The molecule has 0 aromatic carbocycles. The average Bonchev–Trinajstić information content (AvgIpc) is 3.96. The quantitative estimate of drug-likeness (QED) is 0.190. The van der Waals surface area contributed by atoms with E-state index in [0.29, 0.717) is 34.6 Å². The predicted octanol–water partition coefficient (Wildman–Crippen LogP) is 2.60. The summed E-state index contributed by atoms with van der Waals surface area (Å²) in [6, 6.07) is 3.51. The summed E-state index contributed by atoms with van der Waals surface area (Å²) in [5.74, 6) is -3.34. The topological polar surface area (TPSA) is 237 Å². The van der Waals surface area contributed by atoms with Crippen LogP contribution in [-0.2, 0) is 47.6 Å². The van der Waals surface area contributed by atoms with Gasteiger partial charge in [-0.25, -0.2) is 24.4 Å². The van der Waals surface area contributed by atoms with Crippen LogP contribution in [0.4, 0.5) is 9.59 Å². The summed E-state index contributed by atoms with van der Waals surface area (Å²) in [5.41, 5.74) is 1.63. The number of amides is 2. The monoisotopic (exact) mass is 780 g/mol. The fourth-order valence-corrected chi connectivity index (χ4v) is 6.92. The first kappa shape index (κ1) is 41.1. The summed E-state index contributed by atoms with van der Waals surface area (Å²) < 4.78 is 34.9. The third kappa shape index (κ3) is 9.22. The zero-order chi connectivity index (χ0) is 40.7. The number of carbonyl (C=O) groups is 6. The zero-order valence-electron chi connectivity index (χ0n) is 31.9. The van der Waals surface area contributed by atoms with Gasteiger partial charge in [-0.3, -0.25) is 23.6 Å². The molecule has 20 nitrogen and oxygen atoms in total. The first-order valence-electron chi connectivity index (χ1n) is 17.9. The Labute approximate surface area is 321 Å². The molecule has 0 bridgehead atoms. The third-order valence-electron chi connectivity index (χ3n) is 9.61. The van der Waals surface area contributed by atoms with Gasteiger partial charge < -0.3 is 38.2 Å². The van der Waals surface area contributed by atoms with Crippen molar-refractivity contribution in [2.75, 3.05) is 34.3 Å². The molecule has 3 aromatic heterocycles. The Bertz CT molecular complexity index is 1980. The third-order valence-corrected chi connectivity index (χ3v) is 9.61. The van der Waals surface area contributed by atoms with E-state index in [1.54, 1.807) is 18.5 Å². The van der Waals surface area contributed by atoms with Gasteiger partial charge >= 0.3 is 36.0 Å². The molecule has 56 heavy (non-hydrogen) atoms. The van der Waals surface area contributed by atoms with Gasteiger partial charge in [0.1, 0.15) is 6.33 Å². The number of methoxy groups -OCH3 is 1. The number of aromatic nitrogens is 5. The Kier molecular flexibility index (Phi) is 13.2. The summed E-state index contributed by atoms with van der Waals surface area (Å²) >= 11 is 0. The van der Waals surface area contributed by atoms with Crippen molar-refractivity contribution in [2.24, 2.45) is 5.92 Å². The van der Waals surface area contributed by atoms with E-state index < -0.39 is 66.7 Å². The molecule has 4 heterocycles. The SMILES string of the molecule is COC(=O)[C@H]1O[C@@H](OC(=O)N(C)CCN(C)C(=O)n2ccc3c(-c4cnn([C@H](CC#N)C5CCCC5)c4)ncnc32)[C@H](OC(C)=O)[C@@H](OC(C)=O)[C@@H]1OC(C)=O. The maximum atomic E-state index is 13.6. The second kappa shape index (κ2) is 18.0. The molecule has 0 unspecified atom stereocenters. The zero-order valence-corrected chi connectivity index (χ0v) is 31.9. The lowest BCUT2D eigenvalue weighted by Crippen LogP contribution is -2.64. The molecule has 20 heteroatoms. The summed E-state index contributed by atoms with van der Waals surface area (Å²) in [5, 5.41) is 14.7. The number of rotatable bonds is 12. The van der Waals surface area contributed by atoms with Crippen LogP contribution in [0.25, 0.3) is 22.3 Å². The molecule has 0 radical (unpaired) electrons. The summed E-state index contributed by atoms with van der Waals surface area (Å²) in [6.45, 7) is 3.04. The molecular weight excluding hydrogens is 736 g/mol. The highest BCUT2D eigenvalue weighted by molar-refractivity contribution is 5.96. The lowest BCUT2D eigenvalue weighted by Gasteiger charge is -2.43. The lowest BCUT2D eigenvalue weighted by atomic mass is 9.96. The molecule has 300 valence electrons. The molecule has 1 saturated carbocycles. The molecule has 0 N–H and O–H groups in total. The second-order valence-electron chi connectivity index (χ2n) is 13.5. The van der Waals surface area contributed by atoms with E-state index in [4.69, 9.17) is 28.4 Å². The standard InChI is InChI=1S/C36H44N8O12/c1-20(45)52-28-29(53-21(2)46)31(54-22(3)47)34(55-30(28)33(48)51-6)56-36(50)42(5)16-15-41(4)35(49)43-14-12-25-27(38-19-39-32(25)43)24-17-40-44(18-24)26(11-13-37)23-9-7-8-10-23/h12,14,17-19,23,26,28-31,34H,7-11,15-16H2,1-6H3/t26-,28+,29+,30+,31-,34+/m1/s1. The number of hydrogen-bond acceptors (Lipinski definition) is 16. The van der Waals surface area contributed by atoms with Crippen molar-refractivity contribution >= 4 is 47.0 Å². The molecule has 1 aliphatic heterocycles. The van der Waals surface area contributed by atoms with E-state index in [9.17, 15) is 34.0 Å². The minimum absolute atomic E-state index is 0.00451. The molecule has 1 aliphatic carbocycles. The van der Waals surface area contributed by atoms with E-state index in [-0.39, 0.29) is 19.1 Å². The van der Waals surface area contributed by atoms with Gasteiger partial charge in [0.25, 0.3) is 0 Å². The van der Waals surface area contributed by atoms with Crippen molar-refractivity contribution in [2.45, 2.75) is 89.6 Å². The molecular formula is C36H44N8O12. The van der Waals surface area contributed by atoms with Gasteiger partial charge in [-0.05, 0) is 24.8 Å². The lowest BCUT2D eigenvalue weighted by molar-refractivity contribution is -0.289. The van der Waals surface area contributed by atoms with Gasteiger partial charge in [-0.2, -0.15) is 10.4 Å². The van der Waals surface area contributed by atoms with Crippen molar-refractivity contribution in [1.29, 1.82) is 5.26 Å². The Hall–Kier alpha value is -6.10. The highest BCUT2D eigenvalue weighted by Crippen LogP contribution is 2.37. The van der Waals surface area contributed by atoms with Gasteiger partial charge in [0.2, 0.25) is 12.4 Å². The molecule has 6 atom stereocenters. The Balaban J connectivity index is 1.27. The molecule has 1 saturated heterocycles. The number of carbonyl (C=O) groups excluding carboxylic acids is 6. The van der Waals surface area contributed by atoms with Crippen molar-refractivity contribution in [3.05, 3.63) is 31.0 Å². The number of nitriles is 1. The number of likely N-dealkylation sites (N-methyl/N-ethyl adjacent to an activating group) is 2. The highest BCUT2D eigenvalue weighted by Gasteiger charge is 2.56. The minimum Gasteiger partial charge on any atom is -0.467 e. The Morgan fingerprint density at radius 1 is 0.929 bits per heavy atom. The maximum Gasteiger partial charge on any atom is 0.412 e. The van der Waals surface area contributed by atoms with E-state index >= 15 is 0 Å². The highest BCUT2D eigenvalue weighted by atomic mass is 16.8. The predicted molar refractivity (Wildman–Crippen MR) is 190 cm³/mol. The number of ether oxygens (including phenoxy) is 6. The van der Waals surface area contributed by atoms with Gasteiger partial charge in [0.05, 0.1) is 37.5 Å². The maximum absolute atomic E-state index is 13.6. The van der Waals surface area contributed by atoms with Crippen molar-refractivity contribution in [1.82, 2.24) is 34.1 Å². The van der Waals surface area contributed by atoms with Crippen molar-refractivity contribution < 1.29 is 57.2 Å². The summed E-state index contributed by atoms with van der Waals surface area (Å²) in [6.07, 6.45) is 1.66. The molecule has 2 amide bonds.